The third-order valence-corrected chi connectivity index (χ3v) is 7.32. The zero-order valence-electron chi connectivity index (χ0n) is 21.7. The minimum atomic E-state index is -0.876. The molecule has 0 bridgehead atoms. The van der Waals surface area contributed by atoms with Gasteiger partial charge in [0.2, 0.25) is 5.91 Å². The van der Waals surface area contributed by atoms with Crippen LogP contribution in [0.2, 0.25) is 0 Å². The van der Waals surface area contributed by atoms with Crippen LogP contribution in [0, 0.1) is 5.92 Å². The van der Waals surface area contributed by atoms with Gasteiger partial charge in [-0.3, -0.25) is 9.59 Å². The number of allylic oxidation sites excluding steroid dienone is 1. The Morgan fingerprint density at radius 3 is 2.84 bits per heavy atom. The summed E-state index contributed by atoms with van der Waals surface area (Å²) in [6.45, 7) is 5.89. The second kappa shape index (κ2) is 12.8. The van der Waals surface area contributed by atoms with Gasteiger partial charge in [0.15, 0.2) is 0 Å². The first-order chi connectivity index (χ1) is 18.0. The van der Waals surface area contributed by atoms with Gasteiger partial charge in [-0.2, -0.15) is 0 Å². The number of carboxylic acid groups (broad SMARTS) is 1. The number of benzene rings is 1. The lowest BCUT2D eigenvalue weighted by Gasteiger charge is -2.27. The van der Waals surface area contributed by atoms with Crippen molar-refractivity contribution in [3.05, 3.63) is 59.8 Å². The number of ether oxygens (including phenoxy) is 1. The van der Waals surface area contributed by atoms with Crippen molar-refractivity contribution in [2.45, 2.75) is 51.5 Å². The molecule has 2 aliphatic rings. The zero-order chi connectivity index (χ0) is 26.2. The summed E-state index contributed by atoms with van der Waals surface area (Å²) in [5.41, 5.74) is 8.46. The molecule has 0 aliphatic carbocycles. The number of carbonyl (C=O) groups is 2. The molecule has 0 spiro atoms. The van der Waals surface area contributed by atoms with Crippen LogP contribution in [0.15, 0.2) is 48.7 Å². The molecule has 2 atom stereocenters. The van der Waals surface area contributed by atoms with Gasteiger partial charge in [-0.15, -0.1) is 0 Å². The summed E-state index contributed by atoms with van der Waals surface area (Å²) >= 11 is 0. The Kier molecular flexibility index (Phi) is 9.22. The molecule has 3 heterocycles. The highest BCUT2D eigenvalue weighted by Crippen LogP contribution is 2.42. The van der Waals surface area contributed by atoms with Crippen LogP contribution in [0.1, 0.15) is 49.7 Å². The molecule has 1 amide bonds. The lowest BCUT2D eigenvalue weighted by Crippen LogP contribution is -2.40. The van der Waals surface area contributed by atoms with E-state index in [0.29, 0.717) is 45.0 Å². The van der Waals surface area contributed by atoms with Gasteiger partial charge in [0.1, 0.15) is 11.7 Å². The fourth-order valence-electron chi connectivity index (χ4n) is 5.31. The summed E-state index contributed by atoms with van der Waals surface area (Å²) in [5, 5.41) is 10.4. The smallest absolute Gasteiger partial charge is 0.313 e. The van der Waals surface area contributed by atoms with Crippen molar-refractivity contribution >= 4 is 11.9 Å². The molecule has 9 nitrogen and oxygen atoms in total. The molecular formula is C28H39N5O4. The minimum Gasteiger partial charge on any atom is -0.493 e. The van der Waals surface area contributed by atoms with Crippen molar-refractivity contribution in [1.29, 1.82) is 0 Å². The molecule has 0 saturated carbocycles. The van der Waals surface area contributed by atoms with Gasteiger partial charge in [0, 0.05) is 56.6 Å². The largest absolute Gasteiger partial charge is 0.493 e. The van der Waals surface area contributed by atoms with Gasteiger partial charge in [0.05, 0.1) is 19.5 Å². The number of carboxylic acids is 1. The minimum absolute atomic E-state index is 0.0335. The molecule has 4 rings (SSSR count). The monoisotopic (exact) mass is 509 g/mol. The van der Waals surface area contributed by atoms with E-state index in [9.17, 15) is 14.7 Å². The maximum absolute atomic E-state index is 13.5. The van der Waals surface area contributed by atoms with Gasteiger partial charge < -0.3 is 29.9 Å². The highest BCUT2D eigenvalue weighted by atomic mass is 16.5. The molecule has 1 saturated heterocycles. The molecule has 2 aromatic rings. The second-order valence-corrected chi connectivity index (χ2v) is 9.89. The number of aromatic nitrogens is 2. The predicted octanol–water partition coefficient (Wildman–Crippen LogP) is 2.87. The Morgan fingerprint density at radius 2 is 2.11 bits per heavy atom. The van der Waals surface area contributed by atoms with Crippen molar-refractivity contribution in [2.75, 3.05) is 39.3 Å². The van der Waals surface area contributed by atoms with Crippen LogP contribution in [0.4, 0.5) is 0 Å². The number of unbranched alkanes of at least 4 members (excludes halogenated alkanes) is 2. The van der Waals surface area contributed by atoms with Crippen molar-refractivity contribution in [3.8, 4) is 5.75 Å². The van der Waals surface area contributed by atoms with E-state index in [-0.39, 0.29) is 18.4 Å². The first-order valence-corrected chi connectivity index (χ1v) is 13.4. The molecule has 200 valence electrons. The van der Waals surface area contributed by atoms with Gasteiger partial charge in [-0.1, -0.05) is 25.5 Å². The van der Waals surface area contributed by atoms with E-state index in [2.05, 4.69) is 18.0 Å². The van der Waals surface area contributed by atoms with Gasteiger partial charge in [-0.25, -0.2) is 4.98 Å². The molecule has 3 N–H and O–H groups in total. The quantitative estimate of drug-likeness (QED) is 0.399. The van der Waals surface area contributed by atoms with Crippen LogP contribution in [0.5, 0.6) is 5.75 Å². The summed E-state index contributed by atoms with van der Waals surface area (Å²) in [4.78, 5) is 34.1. The van der Waals surface area contributed by atoms with Crippen LogP contribution in [-0.2, 0) is 22.6 Å². The SMILES string of the molecule is CCCCN(CCCCN)C(=O)CN1C[C@H](c2ccc3c(c2)CCO3)[C@@H](C(=O)O)/C1=C\Cn1ccnc1. The molecule has 2 aliphatic heterocycles. The van der Waals surface area contributed by atoms with Gasteiger partial charge in [0.25, 0.3) is 0 Å². The van der Waals surface area contributed by atoms with Gasteiger partial charge in [-0.05, 0) is 49.1 Å². The van der Waals surface area contributed by atoms with Crippen molar-refractivity contribution in [2.24, 2.45) is 11.7 Å². The molecule has 1 aromatic carbocycles. The molecule has 1 aromatic heterocycles. The number of nitrogens with two attached hydrogens (primary N) is 1. The van der Waals surface area contributed by atoms with Crippen LogP contribution in [0.3, 0.4) is 0 Å². The van der Waals surface area contributed by atoms with Crippen LogP contribution in [-0.4, -0.2) is 75.7 Å². The van der Waals surface area contributed by atoms with E-state index in [1.54, 1.807) is 12.5 Å². The average molecular weight is 510 g/mol. The summed E-state index contributed by atoms with van der Waals surface area (Å²) in [6, 6.07) is 6.01. The Balaban J connectivity index is 1.61. The van der Waals surface area contributed by atoms with Crippen LogP contribution in [0.25, 0.3) is 0 Å². The predicted molar refractivity (Wildman–Crippen MR) is 141 cm³/mol. The molecule has 0 radical (unpaired) electrons. The van der Waals surface area contributed by atoms with E-state index in [1.165, 1.54) is 0 Å². The van der Waals surface area contributed by atoms with Crippen molar-refractivity contribution < 1.29 is 19.4 Å². The number of amides is 1. The zero-order valence-corrected chi connectivity index (χ0v) is 21.7. The molecule has 37 heavy (non-hydrogen) atoms. The number of nitrogens with zero attached hydrogens (tertiary/aromatic N) is 4. The molecule has 1 fully saturated rings. The molecule has 0 unspecified atom stereocenters. The number of likely N-dealkylation sites (tertiary alicyclic amines) is 1. The number of hydrogen-bond donors (Lipinski definition) is 2. The maximum atomic E-state index is 13.5. The number of imidazole rings is 1. The topological polar surface area (TPSA) is 114 Å². The summed E-state index contributed by atoms with van der Waals surface area (Å²) in [5.74, 6) is -0.962. The highest BCUT2D eigenvalue weighted by molar-refractivity contribution is 5.80. The number of rotatable bonds is 13. The third-order valence-electron chi connectivity index (χ3n) is 7.32. The number of carbonyl (C=O) groups excluding carboxylic acids is 1. The van der Waals surface area contributed by atoms with Crippen molar-refractivity contribution in [3.63, 3.8) is 0 Å². The fourth-order valence-corrected chi connectivity index (χ4v) is 5.31. The first-order valence-electron chi connectivity index (χ1n) is 13.4. The molecule has 9 heteroatoms. The number of aliphatic carboxylic acids is 1. The summed E-state index contributed by atoms with van der Waals surface area (Å²) in [7, 11) is 0. The summed E-state index contributed by atoms with van der Waals surface area (Å²) < 4.78 is 7.55. The Morgan fingerprint density at radius 1 is 1.27 bits per heavy atom. The second-order valence-electron chi connectivity index (χ2n) is 9.89. The van der Waals surface area contributed by atoms with Gasteiger partial charge >= 0.3 is 5.97 Å². The lowest BCUT2D eigenvalue weighted by molar-refractivity contribution is -0.141. The summed E-state index contributed by atoms with van der Waals surface area (Å²) in [6.07, 6.45) is 11.7. The highest BCUT2D eigenvalue weighted by Gasteiger charge is 2.43. The van der Waals surface area contributed by atoms with Crippen molar-refractivity contribution in [1.82, 2.24) is 19.4 Å². The fraction of sp³-hybridized carbons (Fsp3) is 0.536. The number of hydrogen-bond acceptors (Lipinski definition) is 6. The van der Waals surface area contributed by atoms with E-state index in [1.807, 2.05) is 38.8 Å². The van der Waals surface area contributed by atoms with E-state index >= 15 is 0 Å². The standard InChI is InChI=1S/C28H39N5O4/c1-2-3-12-32(13-5-4-10-29)26(34)19-33-18-23(21-6-7-25-22(17-21)9-16-37-25)27(28(35)36)24(33)8-14-31-15-11-30-20-31/h6-8,11,15,17,20,23,27H,2-5,9-10,12-14,16,18-19,29H2,1H3,(H,35,36)/b24-8+/t23-,27-/m1/s1. The number of fused-ring (bicyclic) bond motifs is 1. The average Bonchev–Trinajstić information content (AvgIpc) is 3.64. The van der Waals surface area contributed by atoms with E-state index in [4.69, 9.17) is 10.5 Å². The van der Waals surface area contributed by atoms with E-state index in [0.717, 1.165) is 49.0 Å². The van der Waals surface area contributed by atoms with Crippen LogP contribution < -0.4 is 10.5 Å². The van der Waals surface area contributed by atoms with Crippen LogP contribution >= 0.6 is 0 Å². The van der Waals surface area contributed by atoms with E-state index < -0.39 is 11.9 Å². The lowest BCUT2D eigenvalue weighted by atomic mass is 9.86. The maximum Gasteiger partial charge on any atom is 0.313 e. The third kappa shape index (κ3) is 6.52. The Labute approximate surface area is 218 Å². The molecular weight excluding hydrogens is 470 g/mol. The Hall–Kier alpha value is -3.33. The Bertz CT molecular complexity index is 1080. The normalized spacial score (nSPS) is 19.7. The first kappa shape index (κ1) is 26.7.